The van der Waals surface area contributed by atoms with E-state index in [0.29, 0.717) is 17.4 Å². The number of hydrogen-bond donors (Lipinski definition) is 1. The SMILES string of the molecule is Fc1ccc(-c2nc(-c3nc4ccccc4[nH]3)cn2Cc2ccc(Cl)cc2)cc1. The zero-order valence-electron chi connectivity index (χ0n) is 15.3. The zero-order valence-corrected chi connectivity index (χ0v) is 16.1. The Hall–Kier alpha value is -3.44. The molecule has 0 aliphatic heterocycles. The lowest BCUT2D eigenvalue weighted by Gasteiger charge is -2.08. The van der Waals surface area contributed by atoms with Crippen molar-refractivity contribution in [2.45, 2.75) is 6.54 Å². The predicted octanol–water partition coefficient (Wildman–Crippen LogP) is 5.93. The molecular formula is C23H16ClFN4. The van der Waals surface area contributed by atoms with Gasteiger partial charge in [-0.25, -0.2) is 14.4 Å². The molecule has 0 spiro atoms. The van der Waals surface area contributed by atoms with Crippen molar-refractivity contribution in [2.24, 2.45) is 0 Å². The lowest BCUT2D eigenvalue weighted by atomic mass is 10.2. The Morgan fingerprint density at radius 3 is 2.41 bits per heavy atom. The molecule has 5 rings (SSSR count). The number of para-hydroxylation sites is 2. The Balaban J connectivity index is 1.61. The van der Waals surface area contributed by atoms with Crippen LogP contribution in [0.15, 0.2) is 79.0 Å². The fourth-order valence-electron chi connectivity index (χ4n) is 3.34. The van der Waals surface area contributed by atoms with Gasteiger partial charge in [0.2, 0.25) is 0 Å². The summed E-state index contributed by atoms with van der Waals surface area (Å²) in [5, 5.41) is 0.695. The van der Waals surface area contributed by atoms with Crippen molar-refractivity contribution in [1.29, 1.82) is 0 Å². The van der Waals surface area contributed by atoms with E-state index in [1.165, 1.54) is 12.1 Å². The normalized spacial score (nSPS) is 11.2. The number of halogens is 2. The number of nitrogens with zero attached hydrogens (tertiary/aromatic N) is 3. The highest BCUT2D eigenvalue weighted by atomic mass is 35.5. The number of fused-ring (bicyclic) bond motifs is 1. The van der Waals surface area contributed by atoms with Gasteiger partial charge in [-0.3, -0.25) is 0 Å². The maximum atomic E-state index is 13.4. The van der Waals surface area contributed by atoms with Crippen LogP contribution >= 0.6 is 11.6 Å². The second kappa shape index (κ2) is 7.18. The molecule has 0 atom stereocenters. The largest absolute Gasteiger partial charge is 0.337 e. The molecule has 0 aliphatic carbocycles. The molecule has 0 bridgehead atoms. The Morgan fingerprint density at radius 1 is 0.897 bits per heavy atom. The third-order valence-electron chi connectivity index (χ3n) is 4.78. The van der Waals surface area contributed by atoms with Crippen molar-refractivity contribution in [1.82, 2.24) is 19.5 Å². The molecule has 142 valence electrons. The molecule has 2 heterocycles. The van der Waals surface area contributed by atoms with E-state index in [0.717, 1.165) is 33.7 Å². The van der Waals surface area contributed by atoms with Gasteiger partial charge in [0.25, 0.3) is 0 Å². The zero-order chi connectivity index (χ0) is 19.8. The monoisotopic (exact) mass is 402 g/mol. The van der Waals surface area contributed by atoms with E-state index in [1.54, 1.807) is 12.1 Å². The molecule has 0 radical (unpaired) electrons. The number of benzene rings is 3. The van der Waals surface area contributed by atoms with Crippen LogP contribution in [0, 0.1) is 5.82 Å². The third kappa shape index (κ3) is 3.52. The number of H-pyrrole nitrogens is 1. The van der Waals surface area contributed by atoms with E-state index in [9.17, 15) is 4.39 Å². The topological polar surface area (TPSA) is 46.5 Å². The summed E-state index contributed by atoms with van der Waals surface area (Å²) in [6, 6.07) is 21.9. The number of nitrogens with one attached hydrogen (secondary N) is 1. The van der Waals surface area contributed by atoms with Crippen LogP contribution < -0.4 is 0 Å². The van der Waals surface area contributed by atoms with Crippen LogP contribution in [0.25, 0.3) is 33.9 Å². The van der Waals surface area contributed by atoms with Gasteiger partial charge in [-0.1, -0.05) is 35.9 Å². The van der Waals surface area contributed by atoms with E-state index >= 15 is 0 Å². The summed E-state index contributed by atoms with van der Waals surface area (Å²) in [7, 11) is 0. The van der Waals surface area contributed by atoms with Crippen LogP contribution in [-0.2, 0) is 6.54 Å². The van der Waals surface area contributed by atoms with Crippen LogP contribution in [0.5, 0.6) is 0 Å². The molecule has 0 saturated carbocycles. The lowest BCUT2D eigenvalue weighted by molar-refractivity contribution is 0.628. The van der Waals surface area contributed by atoms with E-state index in [1.807, 2.05) is 59.3 Å². The van der Waals surface area contributed by atoms with Crippen molar-refractivity contribution < 1.29 is 4.39 Å². The van der Waals surface area contributed by atoms with Crippen molar-refractivity contribution in [2.75, 3.05) is 0 Å². The molecule has 0 amide bonds. The summed E-state index contributed by atoms with van der Waals surface area (Å²) in [5.74, 6) is 1.17. The summed E-state index contributed by atoms with van der Waals surface area (Å²) in [6.07, 6.45) is 1.96. The molecule has 0 fully saturated rings. The Labute approximate surface area is 171 Å². The minimum atomic E-state index is -0.276. The summed E-state index contributed by atoms with van der Waals surface area (Å²) < 4.78 is 15.5. The van der Waals surface area contributed by atoms with Crippen LogP contribution in [0.1, 0.15) is 5.56 Å². The van der Waals surface area contributed by atoms with Gasteiger partial charge < -0.3 is 9.55 Å². The van der Waals surface area contributed by atoms with Gasteiger partial charge in [0.1, 0.15) is 17.3 Å². The van der Waals surface area contributed by atoms with Gasteiger partial charge in [0.15, 0.2) is 5.82 Å². The first-order valence-corrected chi connectivity index (χ1v) is 9.56. The van der Waals surface area contributed by atoms with Crippen LogP contribution in [-0.4, -0.2) is 19.5 Å². The van der Waals surface area contributed by atoms with Gasteiger partial charge in [-0.15, -0.1) is 0 Å². The van der Waals surface area contributed by atoms with E-state index in [4.69, 9.17) is 16.6 Å². The fourth-order valence-corrected chi connectivity index (χ4v) is 3.47. The van der Waals surface area contributed by atoms with Gasteiger partial charge in [0, 0.05) is 23.3 Å². The van der Waals surface area contributed by atoms with Gasteiger partial charge in [0.05, 0.1) is 11.0 Å². The summed E-state index contributed by atoms with van der Waals surface area (Å²) in [4.78, 5) is 12.8. The first-order valence-electron chi connectivity index (χ1n) is 9.18. The molecule has 1 N–H and O–H groups in total. The Kier molecular flexibility index (Phi) is 4.37. The lowest BCUT2D eigenvalue weighted by Crippen LogP contribution is -2.01. The van der Waals surface area contributed by atoms with Crippen LogP contribution in [0.3, 0.4) is 0 Å². The maximum absolute atomic E-state index is 13.4. The number of aromatic nitrogens is 4. The molecule has 5 aromatic rings. The number of hydrogen-bond acceptors (Lipinski definition) is 2. The highest BCUT2D eigenvalue weighted by Crippen LogP contribution is 2.26. The van der Waals surface area contributed by atoms with Crippen molar-refractivity contribution in [3.63, 3.8) is 0 Å². The first kappa shape index (κ1) is 17.6. The fraction of sp³-hybridized carbons (Fsp3) is 0.0435. The summed E-state index contributed by atoms with van der Waals surface area (Å²) in [6.45, 7) is 0.608. The molecule has 0 saturated heterocycles. The maximum Gasteiger partial charge on any atom is 0.158 e. The van der Waals surface area contributed by atoms with Crippen molar-refractivity contribution in [3.8, 4) is 22.9 Å². The highest BCUT2D eigenvalue weighted by Gasteiger charge is 2.15. The number of aromatic amines is 1. The van der Waals surface area contributed by atoms with Gasteiger partial charge in [-0.05, 0) is 54.1 Å². The second-order valence-corrected chi connectivity index (χ2v) is 7.25. The van der Waals surface area contributed by atoms with E-state index < -0.39 is 0 Å². The Morgan fingerprint density at radius 2 is 1.66 bits per heavy atom. The first-order chi connectivity index (χ1) is 14.2. The average molecular weight is 403 g/mol. The third-order valence-corrected chi connectivity index (χ3v) is 5.03. The van der Waals surface area contributed by atoms with E-state index in [-0.39, 0.29) is 5.82 Å². The van der Waals surface area contributed by atoms with Gasteiger partial charge >= 0.3 is 0 Å². The minimum absolute atomic E-state index is 0.276. The molecule has 0 aliphatic rings. The highest BCUT2D eigenvalue weighted by molar-refractivity contribution is 6.30. The molecule has 29 heavy (non-hydrogen) atoms. The minimum Gasteiger partial charge on any atom is -0.337 e. The average Bonchev–Trinajstić information content (AvgIpc) is 3.34. The molecular weight excluding hydrogens is 387 g/mol. The standard InChI is InChI=1S/C23H16ClFN4/c24-17-9-5-15(6-10-17)13-29-14-21(22-26-19-3-1-2-4-20(19)27-22)28-23(29)16-7-11-18(25)12-8-16/h1-12,14H,13H2,(H,26,27). The molecule has 2 aromatic heterocycles. The summed E-state index contributed by atoms with van der Waals surface area (Å²) >= 11 is 6.01. The molecule has 6 heteroatoms. The second-order valence-electron chi connectivity index (χ2n) is 6.81. The van der Waals surface area contributed by atoms with Crippen molar-refractivity contribution >= 4 is 22.6 Å². The van der Waals surface area contributed by atoms with E-state index in [2.05, 4.69) is 9.97 Å². The van der Waals surface area contributed by atoms with Gasteiger partial charge in [-0.2, -0.15) is 0 Å². The number of imidazole rings is 2. The summed E-state index contributed by atoms with van der Waals surface area (Å²) in [5.41, 5.74) is 4.50. The van der Waals surface area contributed by atoms with Crippen LogP contribution in [0.2, 0.25) is 5.02 Å². The molecule has 3 aromatic carbocycles. The van der Waals surface area contributed by atoms with Crippen molar-refractivity contribution in [3.05, 3.63) is 95.4 Å². The molecule has 4 nitrogen and oxygen atoms in total. The number of rotatable bonds is 4. The van der Waals surface area contributed by atoms with Crippen LogP contribution in [0.4, 0.5) is 4.39 Å². The Bertz CT molecular complexity index is 1250. The quantitative estimate of drug-likeness (QED) is 0.404. The predicted molar refractivity (Wildman–Crippen MR) is 113 cm³/mol. The smallest absolute Gasteiger partial charge is 0.158 e. The molecule has 0 unspecified atom stereocenters.